The molecule has 1 heterocycles. The third kappa shape index (κ3) is 2.47. The molecule has 0 aliphatic rings. The molecule has 1 aromatic heterocycles. The van der Waals surface area contributed by atoms with Crippen molar-refractivity contribution in [2.24, 2.45) is 0 Å². The van der Waals surface area contributed by atoms with Crippen LogP contribution in [-0.4, -0.2) is 9.97 Å². The first-order valence-electron chi connectivity index (χ1n) is 6.36. The lowest BCUT2D eigenvalue weighted by Gasteiger charge is -2.09. The van der Waals surface area contributed by atoms with Gasteiger partial charge in [-0.25, -0.2) is 14.4 Å². The molecule has 0 fully saturated rings. The summed E-state index contributed by atoms with van der Waals surface area (Å²) in [4.78, 5) is 8.63. The molecule has 0 aliphatic heterocycles. The first-order chi connectivity index (χ1) is 9.97. The quantitative estimate of drug-likeness (QED) is 0.564. The fourth-order valence-corrected chi connectivity index (χ4v) is 2.77. The number of aromatic nitrogens is 2. The van der Waals surface area contributed by atoms with Gasteiger partial charge in [0.05, 0.1) is 16.1 Å². The Kier molecular flexibility index (Phi) is 3.56. The van der Waals surface area contributed by atoms with Crippen LogP contribution in [-0.2, 0) is 0 Å². The third-order valence-corrected chi connectivity index (χ3v) is 3.91. The maximum Gasteiger partial charge on any atom is 0.164 e. The van der Waals surface area contributed by atoms with Gasteiger partial charge in [0.2, 0.25) is 0 Å². The lowest BCUT2D eigenvalue weighted by molar-refractivity contribution is 0.629. The molecule has 0 atom stereocenters. The van der Waals surface area contributed by atoms with Crippen molar-refractivity contribution in [3.8, 4) is 11.4 Å². The Bertz CT molecular complexity index is 863. The Morgan fingerprint density at radius 3 is 2.52 bits per heavy atom. The molecule has 0 spiro atoms. The van der Waals surface area contributed by atoms with Gasteiger partial charge in [-0.1, -0.05) is 40.9 Å². The Labute approximate surface area is 131 Å². The van der Waals surface area contributed by atoms with Gasteiger partial charge in [-0.2, -0.15) is 0 Å². The molecule has 0 saturated carbocycles. The monoisotopic (exact) mass is 320 g/mol. The van der Waals surface area contributed by atoms with E-state index in [9.17, 15) is 4.39 Å². The Hall–Kier alpha value is -1.71. The van der Waals surface area contributed by atoms with Crippen LogP contribution in [0.5, 0.6) is 0 Å². The van der Waals surface area contributed by atoms with Crippen LogP contribution in [0.2, 0.25) is 10.2 Å². The van der Waals surface area contributed by atoms with Crippen LogP contribution >= 0.6 is 23.2 Å². The van der Waals surface area contributed by atoms with Crippen LogP contribution < -0.4 is 0 Å². The smallest absolute Gasteiger partial charge is 0.164 e. The van der Waals surface area contributed by atoms with Crippen LogP contribution in [0.1, 0.15) is 11.1 Å². The maximum absolute atomic E-state index is 14.0. The second-order valence-corrected chi connectivity index (χ2v) is 5.67. The topological polar surface area (TPSA) is 25.8 Å². The van der Waals surface area contributed by atoms with Crippen molar-refractivity contribution in [1.82, 2.24) is 9.97 Å². The molecule has 0 aliphatic carbocycles. The van der Waals surface area contributed by atoms with Crippen molar-refractivity contribution >= 4 is 34.1 Å². The molecule has 0 radical (unpaired) electrons. The fourth-order valence-electron chi connectivity index (χ4n) is 2.25. The average molecular weight is 321 g/mol. The van der Waals surface area contributed by atoms with E-state index in [0.717, 1.165) is 11.1 Å². The molecular weight excluding hydrogens is 310 g/mol. The fraction of sp³-hybridized carbons (Fsp3) is 0.125. The lowest BCUT2D eigenvalue weighted by atomic mass is 10.1. The first kappa shape index (κ1) is 14.2. The molecule has 3 rings (SSSR count). The minimum atomic E-state index is -0.389. The summed E-state index contributed by atoms with van der Waals surface area (Å²) in [6.45, 7) is 3.78. The van der Waals surface area contributed by atoms with Gasteiger partial charge in [-0.05, 0) is 37.6 Å². The molecule has 5 heteroatoms. The van der Waals surface area contributed by atoms with E-state index in [0.29, 0.717) is 21.5 Å². The summed E-state index contributed by atoms with van der Waals surface area (Å²) in [6, 6.07) is 8.38. The number of hydrogen-bond acceptors (Lipinski definition) is 2. The van der Waals surface area contributed by atoms with E-state index in [4.69, 9.17) is 23.2 Å². The zero-order valence-electron chi connectivity index (χ0n) is 11.4. The van der Waals surface area contributed by atoms with Gasteiger partial charge in [0.25, 0.3) is 0 Å². The lowest BCUT2D eigenvalue weighted by Crippen LogP contribution is -1.96. The minimum absolute atomic E-state index is 0.237. The predicted octanol–water partition coefficient (Wildman–Crippen LogP) is 5.36. The minimum Gasteiger partial charge on any atom is -0.226 e. The van der Waals surface area contributed by atoms with E-state index in [-0.39, 0.29) is 16.8 Å². The molecule has 0 saturated heterocycles. The summed E-state index contributed by atoms with van der Waals surface area (Å²) in [5.74, 6) is -0.152. The van der Waals surface area contributed by atoms with E-state index in [1.165, 1.54) is 6.07 Å². The number of nitrogens with zero attached hydrogens (tertiary/aromatic N) is 2. The first-order valence-corrected chi connectivity index (χ1v) is 7.12. The molecule has 3 aromatic rings. The van der Waals surface area contributed by atoms with E-state index in [1.54, 1.807) is 18.2 Å². The Morgan fingerprint density at radius 1 is 1.00 bits per heavy atom. The summed E-state index contributed by atoms with van der Waals surface area (Å²) >= 11 is 12.4. The molecule has 0 amide bonds. The second-order valence-electron chi connectivity index (χ2n) is 4.91. The normalized spacial score (nSPS) is 11.1. The highest BCUT2D eigenvalue weighted by atomic mass is 35.5. The number of aryl methyl sites for hydroxylation is 2. The second kappa shape index (κ2) is 5.24. The predicted molar refractivity (Wildman–Crippen MR) is 84.4 cm³/mol. The highest BCUT2D eigenvalue weighted by Crippen LogP contribution is 2.32. The van der Waals surface area contributed by atoms with Crippen molar-refractivity contribution < 1.29 is 4.39 Å². The Balaban J connectivity index is 2.35. The molecule has 106 valence electrons. The van der Waals surface area contributed by atoms with Crippen LogP contribution in [0, 0.1) is 19.7 Å². The highest BCUT2D eigenvalue weighted by Gasteiger charge is 2.15. The van der Waals surface area contributed by atoms with Crippen LogP contribution in [0.4, 0.5) is 4.39 Å². The van der Waals surface area contributed by atoms with Gasteiger partial charge < -0.3 is 0 Å². The van der Waals surface area contributed by atoms with Crippen LogP contribution in [0.25, 0.3) is 22.3 Å². The largest absolute Gasteiger partial charge is 0.226 e. The molecule has 2 nitrogen and oxygen atoms in total. The number of halogens is 3. The molecule has 0 unspecified atom stereocenters. The van der Waals surface area contributed by atoms with Crippen molar-refractivity contribution in [3.05, 3.63) is 57.5 Å². The molecular formula is C16H11Cl2FN2. The summed E-state index contributed by atoms with van der Waals surface area (Å²) in [5.41, 5.74) is 2.70. The third-order valence-electron chi connectivity index (χ3n) is 3.33. The van der Waals surface area contributed by atoms with E-state index in [2.05, 4.69) is 9.97 Å². The van der Waals surface area contributed by atoms with E-state index < -0.39 is 0 Å². The van der Waals surface area contributed by atoms with Crippen LogP contribution in [0.15, 0.2) is 30.3 Å². The van der Waals surface area contributed by atoms with Crippen LogP contribution in [0.3, 0.4) is 0 Å². The summed E-state index contributed by atoms with van der Waals surface area (Å²) in [6.07, 6.45) is 0. The zero-order valence-corrected chi connectivity index (χ0v) is 12.9. The number of benzene rings is 2. The average Bonchev–Trinajstić information content (AvgIpc) is 2.45. The highest BCUT2D eigenvalue weighted by molar-refractivity contribution is 6.38. The number of rotatable bonds is 1. The summed E-state index contributed by atoms with van der Waals surface area (Å²) in [5, 5.41) is 1.44. The van der Waals surface area contributed by atoms with Gasteiger partial charge >= 0.3 is 0 Å². The van der Waals surface area contributed by atoms with E-state index in [1.807, 2.05) is 19.9 Å². The SMILES string of the molecule is Cc1ccc(F)c(-c2nc(Cl)c3c(C)ccc(Cl)c3n2)c1. The van der Waals surface area contributed by atoms with Gasteiger partial charge in [0.1, 0.15) is 11.0 Å². The van der Waals surface area contributed by atoms with Crippen molar-refractivity contribution in [3.63, 3.8) is 0 Å². The number of hydrogen-bond donors (Lipinski definition) is 0. The summed E-state index contributed by atoms with van der Waals surface area (Å²) < 4.78 is 14.0. The maximum atomic E-state index is 14.0. The van der Waals surface area contributed by atoms with Crippen molar-refractivity contribution in [2.75, 3.05) is 0 Å². The van der Waals surface area contributed by atoms with Gasteiger partial charge in [0.15, 0.2) is 5.82 Å². The molecule has 0 bridgehead atoms. The van der Waals surface area contributed by atoms with Crippen molar-refractivity contribution in [2.45, 2.75) is 13.8 Å². The van der Waals surface area contributed by atoms with Gasteiger partial charge in [-0.3, -0.25) is 0 Å². The molecule has 21 heavy (non-hydrogen) atoms. The van der Waals surface area contributed by atoms with Crippen molar-refractivity contribution in [1.29, 1.82) is 0 Å². The van der Waals surface area contributed by atoms with E-state index >= 15 is 0 Å². The van der Waals surface area contributed by atoms with Gasteiger partial charge in [-0.15, -0.1) is 0 Å². The standard InChI is InChI=1S/C16H11Cl2FN2/c1-8-3-6-12(19)10(7-8)16-20-14-11(17)5-4-9(2)13(14)15(18)21-16/h3-7H,1-2H3. The summed E-state index contributed by atoms with van der Waals surface area (Å²) in [7, 11) is 0. The Morgan fingerprint density at radius 2 is 1.76 bits per heavy atom. The van der Waals surface area contributed by atoms with Gasteiger partial charge in [0, 0.05) is 5.39 Å². The molecule has 0 N–H and O–H groups in total. The molecule has 2 aromatic carbocycles. The number of fused-ring (bicyclic) bond motifs is 1. The zero-order chi connectivity index (χ0) is 15.1.